The van der Waals surface area contributed by atoms with Gasteiger partial charge in [-0.25, -0.2) is 4.79 Å². The van der Waals surface area contributed by atoms with Crippen LogP contribution in [-0.4, -0.2) is 27.2 Å². The summed E-state index contributed by atoms with van der Waals surface area (Å²) in [5, 5.41) is 15.6. The van der Waals surface area contributed by atoms with Gasteiger partial charge in [-0.1, -0.05) is 12.1 Å². The first kappa shape index (κ1) is 19.4. The smallest absolute Gasteiger partial charge is 0.328 e. The number of nitrogens with one attached hydrogen (secondary N) is 2. The van der Waals surface area contributed by atoms with Gasteiger partial charge in [0.1, 0.15) is 10.4 Å². The summed E-state index contributed by atoms with van der Waals surface area (Å²) in [5.74, 6) is 1.24. The first-order chi connectivity index (χ1) is 13.1. The Bertz CT molecular complexity index is 1140. The highest BCUT2D eigenvalue weighted by atomic mass is 79.9. The Hall–Kier alpha value is -1.90. The van der Waals surface area contributed by atoms with Crippen LogP contribution in [0.15, 0.2) is 39.2 Å². The maximum Gasteiger partial charge on any atom is 0.328 e. The number of hydrogen-bond donors (Lipinski definition) is 3. The number of phenols is 1. The van der Waals surface area contributed by atoms with Gasteiger partial charge in [-0.2, -0.15) is 0 Å². The molecule has 3 heterocycles. The van der Waals surface area contributed by atoms with Crippen molar-refractivity contribution in [2.75, 3.05) is 6.54 Å². The highest BCUT2D eigenvalue weighted by Gasteiger charge is 2.40. The lowest BCUT2D eigenvalue weighted by Gasteiger charge is -2.31. The number of nitrogens with zero attached hydrogens (tertiary/aromatic N) is 1. The van der Waals surface area contributed by atoms with Crippen LogP contribution in [0.1, 0.15) is 29.9 Å². The van der Waals surface area contributed by atoms with Crippen molar-refractivity contribution >= 4 is 38.5 Å². The SMILES string of the molecule is Br.O=c1[nH]c2ccsc2c(=O)n1CCC1NC[C@@H]2CCc3c(O)cccc3[C@H]12. The summed E-state index contributed by atoms with van der Waals surface area (Å²) >= 11 is 1.36. The Morgan fingerprint density at radius 3 is 2.96 bits per heavy atom. The Morgan fingerprint density at radius 2 is 2.11 bits per heavy atom. The minimum Gasteiger partial charge on any atom is -0.508 e. The van der Waals surface area contributed by atoms with Crippen LogP contribution in [0.25, 0.3) is 10.2 Å². The highest BCUT2D eigenvalue weighted by molar-refractivity contribution is 8.93. The van der Waals surface area contributed by atoms with E-state index in [0.29, 0.717) is 40.8 Å². The molecule has 0 saturated carbocycles. The molecule has 0 bridgehead atoms. The quantitative estimate of drug-likeness (QED) is 0.557. The predicted molar refractivity (Wildman–Crippen MR) is 116 cm³/mol. The summed E-state index contributed by atoms with van der Waals surface area (Å²) in [7, 11) is 0. The number of rotatable bonds is 3. The minimum atomic E-state index is -0.345. The van der Waals surface area contributed by atoms with E-state index in [-0.39, 0.29) is 34.3 Å². The van der Waals surface area contributed by atoms with Crippen molar-refractivity contribution < 1.29 is 5.11 Å². The molecule has 0 amide bonds. The van der Waals surface area contributed by atoms with Crippen LogP contribution in [0, 0.1) is 5.92 Å². The number of H-pyrrole nitrogens is 1. The Balaban J connectivity index is 0.00000192. The molecular formula is C20H22BrN3O3S. The Kier molecular flexibility index (Phi) is 5.20. The van der Waals surface area contributed by atoms with E-state index in [4.69, 9.17) is 0 Å². The van der Waals surface area contributed by atoms with Crippen molar-refractivity contribution in [2.24, 2.45) is 5.92 Å². The van der Waals surface area contributed by atoms with Crippen molar-refractivity contribution in [1.29, 1.82) is 0 Å². The highest BCUT2D eigenvalue weighted by Crippen LogP contribution is 2.44. The van der Waals surface area contributed by atoms with E-state index in [1.807, 2.05) is 11.4 Å². The van der Waals surface area contributed by atoms with Crippen LogP contribution in [0.2, 0.25) is 0 Å². The largest absolute Gasteiger partial charge is 0.508 e. The first-order valence-corrected chi connectivity index (χ1v) is 10.3. The van der Waals surface area contributed by atoms with Gasteiger partial charge in [0.25, 0.3) is 5.56 Å². The van der Waals surface area contributed by atoms with Crippen molar-refractivity contribution in [1.82, 2.24) is 14.9 Å². The Morgan fingerprint density at radius 1 is 1.25 bits per heavy atom. The third-order valence-electron chi connectivity index (χ3n) is 6.15. The summed E-state index contributed by atoms with van der Waals surface area (Å²) < 4.78 is 1.92. The molecule has 3 N–H and O–H groups in total. The molecule has 1 aliphatic carbocycles. The zero-order valence-corrected chi connectivity index (χ0v) is 17.7. The van der Waals surface area contributed by atoms with Gasteiger partial charge in [0.2, 0.25) is 0 Å². The molecule has 2 aromatic heterocycles. The fraction of sp³-hybridized carbons (Fsp3) is 0.400. The van der Waals surface area contributed by atoms with E-state index in [0.717, 1.165) is 24.9 Å². The Labute approximate surface area is 176 Å². The van der Waals surface area contributed by atoms with E-state index in [1.165, 1.54) is 21.5 Å². The number of thiophene rings is 1. The molecule has 1 saturated heterocycles. The second kappa shape index (κ2) is 7.50. The second-order valence-electron chi connectivity index (χ2n) is 7.52. The summed E-state index contributed by atoms with van der Waals surface area (Å²) in [6.07, 6.45) is 2.67. The van der Waals surface area contributed by atoms with Gasteiger partial charge < -0.3 is 15.4 Å². The van der Waals surface area contributed by atoms with Gasteiger partial charge in [-0.15, -0.1) is 28.3 Å². The first-order valence-electron chi connectivity index (χ1n) is 9.38. The van der Waals surface area contributed by atoms with Crippen LogP contribution < -0.4 is 16.6 Å². The lowest BCUT2D eigenvalue weighted by atomic mass is 9.73. The number of halogens is 1. The molecule has 1 aliphatic heterocycles. The normalized spacial score (nSPS) is 23.2. The molecule has 5 rings (SSSR count). The van der Waals surface area contributed by atoms with Crippen molar-refractivity contribution in [2.45, 2.75) is 37.8 Å². The monoisotopic (exact) mass is 463 g/mol. The standard InChI is InChI=1S/C20H21N3O3S.BrH/c24-16-3-1-2-13-12(16)5-4-11-10-21-14(17(11)13)6-8-23-19(25)18-15(7-9-27-18)22-20(23)26;/h1-3,7,9,11,14,17,21,24H,4-6,8,10H2,(H,22,26);1H/t11-,14?,17+;/m0./s1. The van der Waals surface area contributed by atoms with Crippen molar-refractivity contribution in [3.8, 4) is 5.75 Å². The second-order valence-corrected chi connectivity index (χ2v) is 8.44. The molecule has 1 unspecified atom stereocenters. The number of hydrogen-bond acceptors (Lipinski definition) is 5. The van der Waals surface area contributed by atoms with Crippen molar-refractivity contribution in [3.05, 3.63) is 61.6 Å². The summed E-state index contributed by atoms with van der Waals surface area (Å²) in [5.41, 5.74) is 2.34. The van der Waals surface area contributed by atoms with Gasteiger partial charge in [0.05, 0.1) is 5.52 Å². The molecule has 6 nitrogen and oxygen atoms in total. The number of benzene rings is 1. The van der Waals surface area contributed by atoms with E-state index in [2.05, 4.69) is 16.4 Å². The number of aromatic amines is 1. The lowest BCUT2D eigenvalue weighted by molar-refractivity contribution is 0.381. The van der Waals surface area contributed by atoms with E-state index in [1.54, 1.807) is 12.1 Å². The van der Waals surface area contributed by atoms with Crippen LogP contribution in [0.5, 0.6) is 5.75 Å². The summed E-state index contributed by atoms with van der Waals surface area (Å²) in [6.45, 7) is 1.33. The number of aromatic hydroxyl groups is 1. The molecule has 3 aromatic rings. The molecule has 28 heavy (non-hydrogen) atoms. The zero-order valence-electron chi connectivity index (χ0n) is 15.2. The molecule has 0 spiro atoms. The van der Waals surface area contributed by atoms with Crippen LogP contribution in [0.4, 0.5) is 0 Å². The van der Waals surface area contributed by atoms with Gasteiger partial charge >= 0.3 is 5.69 Å². The molecule has 1 aromatic carbocycles. The van der Waals surface area contributed by atoms with Gasteiger partial charge in [-0.3, -0.25) is 9.36 Å². The zero-order chi connectivity index (χ0) is 18.5. The third kappa shape index (κ3) is 3.03. The fourth-order valence-electron chi connectivity index (χ4n) is 4.87. The number of phenolic OH excluding ortho intramolecular Hbond substituents is 1. The number of fused-ring (bicyclic) bond motifs is 4. The molecule has 8 heteroatoms. The number of aromatic nitrogens is 2. The predicted octanol–water partition coefficient (Wildman–Crippen LogP) is 2.74. The maximum atomic E-state index is 12.6. The average Bonchev–Trinajstić information content (AvgIpc) is 3.29. The molecule has 2 aliphatic rings. The molecule has 1 fully saturated rings. The fourth-order valence-corrected chi connectivity index (χ4v) is 5.66. The third-order valence-corrected chi connectivity index (χ3v) is 7.05. The van der Waals surface area contributed by atoms with Crippen LogP contribution >= 0.6 is 28.3 Å². The van der Waals surface area contributed by atoms with E-state index in [9.17, 15) is 14.7 Å². The summed E-state index contributed by atoms with van der Waals surface area (Å²) in [4.78, 5) is 27.8. The van der Waals surface area contributed by atoms with Gasteiger partial charge in [0, 0.05) is 18.5 Å². The minimum absolute atomic E-state index is 0. The van der Waals surface area contributed by atoms with Crippen LogP contribution in [0.3, 0.4) is 0 Å². The maximum absolute atomic E-state index is 12.6. The molecular weight excluding hydrogens is 442 g/mol. The summed E-state index contributed by atoms with van der Waals surface area (Å²) in [6, 6.07) is 7.74. The van der Waals surface area contributed by atoms with Crippen molar-refractivity contribution in [3.63, 3.8) is 0 Å². The molecule has 3 atom stereocenters. The lowest BCUT2D eigenvalue weighted by Crippen LogP contribution is -2.37. The molecule has 148 valence electrons. The topological polar surface area (TPSA) is 87.1 Å². The molecule has 0 radical (unpaired) electrons. The van der Waals surface area contributed by atoms with Crippen LogP contribution in [-0.2, 0) is 13.0 Å². The van der Waals surface area contributed by atoms with E-state index >= 15 is 0 Å². The van der Waals surface area contributed by atoms with E-state index < -0.39 is 0 Å². The average molecular weight is 464 g/mol. The van der Waals surface area contributed by atoms with Gasteiger partial charge in [-0.05, 0) is 60.4 Å². The van der Waals surface area contributed by atoms with Gasteiger partial charge in [0.15, 0.2) is 0 Å².